The molecular formula is C16H25NO. The minimum Gasteiger partial charge on any atom is -0.396 e. The van der Waals surface area contributed by atoms with Crippen LogP contribution in [0.25, 0.3) is 0 Å². The molecule has 1 aliphatic carbocycles. The van der Waals surface area contributed by atoms with Gasteiger partial charge in [-0.1, -0.05) is 30.3 Å². The van der Waals surface area contributed by atoms with E-state index < -0.39 is 0 Å². The summed E-state index contributed by atoms with van der Waals surface area (Å²) in [6.45, 7) is 2.45. The number of hydrogen-bond acceptors (Lipinski definition) is 2. The Morgan fingerprint density at radius 2 is 1.83 bits per heavy atom. The lowest BCUT2D eigenvalue weighted by atomic mass is 9.81. The Bertz CT molecular complexity index is 330. The smallest absolute Gasteiger partial charge is 0.0445 e. The predicted molar refractivity (Wildman–Crippen MR) is 75.7 cm³/mol. The normalized spacial score (nSPS) is 25.9. The Morgan fingerprint density at radius 1 is 1.17 bits per heavy atom. The second-order valence-electron chi connectivity index (χ2n) is 5.54. The molecule has 0 aliphatic heterocycles. The van der Waals surface area contributed by atoms with Crippen LogP contribution in [-0.4, -0.2) is 23.8 Å². The van der Waals surface area contributed by atoms with Crippen molar-refractivity contribution in [3.05, 3.63) is 35.9 Å². The lowest BCUT2D eigenvalue weighted by Crippen LogP contribution is -2.39. The van der Waals surface area contributed by atoms with Crippen molar-refractivity contribution in [2.45, 2.75) is 57.0 Å². The first-order valence-corrected chi connectivity index (χ1v) is 7.21. The van der Waals surface area contributed by atoms with Gasteiger partial charge in [-0.3, -0.25) is 0 Å². The van der Waals surface area contributed by atoms with Crippen molar-refractivity contribution in [2.75, 3.05) is 6.61 Å². The number of benzene rings is 1. The highest BCUT2D eigenvalue weighted by Crippen LogP contribution is 2.32. The molecule has 1 fully saturated rings. The van der Waals surface area contributed by atoms with E-state index in [9.17, 15) is 0 Å². The van der Waals surface area contributed by atoms with Crippen LogP contribution in [0.3, 0.4) is 0 Å². The Labute approximate surface area is 110 Å². The number of rotatable bonds is 5. The first kappa shape index (κ1) is 13.6. The largest absolute Gasteiger partial charge is 0.396 e. The van der Waals surface area contributed by atoms with E-state index in [1.165, 1.54) is 31.2 Å². The molecule has 0 spiro atoms. The fraction of sp³-hybridized carbons (Fsp3) is 0.625. The molecular weight excluding hydrogens is 222 g/mol. The predicted octanol–water partition coefficient (Wildman–Crippen LogP) is 3.07. The van der Waals surface area contributed by atoms with Gasteiger partial charge in [-0.2, -0.15) is 0 Å². The molecule has 1 aliphatic rings. The zero-order valence-corrected chi connectivity index (χ0v) is 11.3. The Hall–Kier alpha value is -0.860. The average molecular weight is 247 g/mol. The van der Waals surface area contributed by atoms with Crippen molar-refractivity contribution in [3.8, 4) is 0 Å². The summed E-state index contributed by atoms with van der Waals surface area (Å²) in [5.74, 6) is 0.748. The van der Waals surface area contributed by atoms with E-state index in [0.29, 0.717) is 12.1 Å². The van der Waals surface area contributed by atoms with Crippen molar-refractivity contribution in [1.82, 2.24) is 5.32 Å². The molecule has 0 bridgehead atoms. The number of nitrogens with one attached hydrogen (secondary N) is 1. The summed E-state index contributed by atoms with van der Waals surface area (Å²) in [6, 6.07) is 12.0. The monoisotopic (exact) mass is 247 g/mol. The molecule has 18 heavy (non-hydrogen) atoms. The van der Waals surface area contributed by atoms with Crippen LogP contribution < -0.4 is 5.32 Å². The van der Waals surface area contributed by atoms with Crippen LogP contribution in [0.5, 0.6) is 0 Å². The summed E-state index contributed by atoms with van der Waals surface area (Å²) in [5.41, 5.74) is 1.50. The Morgan fingerprint density at radius 3 is 2.44 bits per heavy atom. The minimum atomic E-state index is 0.285. The highest BCUT2D eigenvalue weighted by Gasteiger charge is 2.22. The van der Waals surface area contributed by atoms with Gasteiger partial charge in [0.1, 0.15) is 0 Å². The molecule has 1 aromatic rings. The SMILES string of the molecule is CC(CCO)NC1CCC(c2ccccc2)CC1. The fourth-order valence-electron chi connectivity index (χ4n) is 3.00. The van der Waals surface area contributed by atoms with Crippen LogP contribution in [0.1, 0.15) is 50.5 Å². The molecule has 0 amide bonds. The Balaban J connectivity index is 1.78. The van der Waals surface area contributed by atoms with Crippen LogP contribution in [0.2, 0.25) is 0 Å². The van der Waals surface area contributed by atoms with Crippen LogP contribution in [0.4, 0.5) is 0 Å². The van der Waals surface area contributed by atoms with Gasteiger partial charge < -0.3 is 10.4 Å². The van der Waals surface area contributed by atoms with Gasteiger partial charge in [0, 0.05) is 18.7 Å². The van der Waals surface area contributed by atoms with Gasteiger partial charge in [0.15, 0.2) is 0 Å². The second kappa shape index (κ2) is 6.91. The number of hydrogen-bond donors (Lipinski definition) is 2. The zero-order valence-electron chi connectivity index (χ0n) is 11.3. The minimum absolute atomic E-state index is 0.285. The average Bonchev–Trinajstić information content (AvgIpc) is 2.41. The third-order valence-corrected chi connectivity index (χ3v) is 4.08. The molecule has 1 atom stereocenters. The maximum atomic E-state index is 8.92. The molecule has 1 aromatic carbocycles. The quantitative estimate of drug-likeness (QED) is 0.838. The molecule has 2 heteroatoms. The lowest BCUT2D eigenvalue weighted by molar-refractivity contribution is 0.250. The number of aliphatic hydroxyl groups excluding tert-OH is 1. The summed E-state index contributed by atoms with van der Waals surface area (Å²) in [7, 11) is 0. The van der Waals surface area contributed by atoms with Crippen molar-refractivity contribution >= 4 is 0 Å². The fourth-order valence-corrected chi connectivity index (χ4v) is 3.00. The van der Waals surface area contributed by atoms with Gasteiger partial charge in [0.05, 0.1) is 0 Å². The summed E-state index contributed by atoms with van der Waals surface area (Å²) < 4.78 is 0. The van der Waals surface area contributed by atoms with Crippen LogP contribution in [0.15, 0.2) is 30.3 Å². The third kappa shape index (κ3) is 3.82. The van der Waals surface area contributed by atoms with E-state index >= 15 is 0 Å². The molecule has 0 aromatic heterocycles. The van der Waals surface area contributed by atoms with Gasteiger partial charge >= 0.3 is 0 Å². The van der Waals surface area contributed by atoms with E-state index in [4.69, 9.17) is 5.11 Å². The van der Waals surface area contributed by atoms with E-state index in [1.54, 1.807) is 0 Å². The van der Waals surface area contributed by atoms with Gasteiger partial charge in [0.25, 0.3) is 0 Å². The standard InChI is InChI=1S/C16H25NO/c1-13(11-12-18)17-16-9-7-15(8-10-16)14-5-3-2-4-6-14/h2-6,13,15-18H,7-12H2,1H3. The lowest BCUT2D eigenvalue weighted by Gasteiger charge is -2.31. The molecule has 0 saturated heterocycles. The second-order valence-corrected chi connectivity index (χ2v) is 5.54. The summed E-state index contributed by atoms with van der Waals surface area (Å²) in [4.78, 5) is 0. The van der Waals surface area contributed by atoms with E-state index in [1.807, 2.05) is 0 Å². The van der Waals surface area contributed by atoms with Crippen LogP contribution in [-0.2, 0) is 0 Å². The summed E-state index contributed by atoms with van der Waals surface area (Å²) in [5, 5.41) is 12.5. The molecule has 2 rings (SSSR count). The van der Waals surface area contributed by atoms with Crippen LogP contribution >= 0.6 is 0 Å². The molecule has 2 N–H and O–H groups in total. The van der Waals surface area contributed by atoms with E-state index in [-0.39, 0.29) is 6.61 Å². The van der Waals surface area contributed by atoms with E-state index in [0.717, 1.165) is 12.3 Å². The van der Waals surface area contributed by atoms with Crippen molar-refractivity contribution in [2.24, 2.45) is 0 Å². The highest BCUT2D eigenvalue weighted by molar-refractivity contribution is 5.20. The number of aliphatic hydroxyl groups is 1. The van der Waals surface area contributed by atoms with Gasteiger partial charge in [-0.05, 0) is 50.5 Å². The summed E-state index contributed by atoms with van der Waals surface area (Å²) >= 11 is 0. The van der Waals surface area contributed by atoms with Gasteiger partial charge in [-0.15, -0.1) is 0 Å². The van der Waals surface area contributed by atoms with Crippen molar-refractivity contribution < 1.29 is 5.11 Å². The van der Waals surface area contributed by atoms with Crippen LogP contribution in [0, 0.1) is 0 Å². The molecule has 100 valence electrons. The summed E-state index contributed by atoms with van der Waals surface area (Å²) in [6.07, 6.45) is 5.95. The Kier molecular flexibility index (Phi) is 5.21. The topological polar surface area (TPSA) is 32.3 Å². The molecule has 1 saturated carbocycles. The van der Waals surface area contributed by atoms with E-state index in [2.05, 4.69) is 42.6 Å². The highest BCUT2D eigenvalue weighted by atomic mass is 16.3. The van der Waals surface area contributed by atoms with Gasteiger partial charge in [-0.25, -0.2) is 0 Å². The molecule has 0 heterocycles. The maximum Gasteiger partial charge on any atom is 0.0445 e. The molecule has 2 nitrogen and oxygen atoms in total. The van der Waals surface area contributed by atoms with Crippen molar-refractivity contribution in [1.29, 1.82) is 0 Å². The van der Waals surface area contributed by atoms with Gasteiger partial charge in [0.2, 0.25) is 0 Å². The zero-order chi connectivity index (χ0) is 12.8. The first-order valence-electron chi connectivity index (χ1n) is 7.21. The van der Waals surface area contributed by atoms with Crippen molar-refractivity contribution in [3.63, 3.8) is 0 Å². The third-order valence-electron chi connectivity index (χ3n) is 4.08. The molecule has 1 unspecified atom stereocenters. The maximum absolute atomic E-state index is 8.92. The molecule has 0 radical (unpaired) electrons. The first-order chi connectivity index (χ1) is 8.79.